The summed E-state index contributed by atoms with van der Waals surface area (Å²) in [6.07, 6.45) is 4.97. The van der Waals surface area contributed by atoms with Gasteiger partial charge in [0.2, 0.25) is 0 Å². The summed E-state index contributed by atoms with van der Waals surface area (Å²) in [5, 5.41) is 12.4. The van der Waals surface area contributed by atoms with Crippen LogP contribution in [0.1, 0.15) is 38.7 Å². The fourth-order valence-corrected chi connectivity index (χ4v) is 4.28. The molecule has 0 unspecified atom stereocenters. The van der Waals surface area contributed by atoms with Crippen molar-refractivity contribution in [1.82, 2.24) is 14.7 Å². The van der Waals surface area contributed by atoms with Gasteiger partial charge in [-0.3, -0.25) is 14.0 Å². The van der Waals surface area contributed by atoms with Gasteiger partial charge in [0.15, 0.2) is 5.79 Å². The van der Waals surface area contributed by atoms with Crippen LogP contribution >= 0.6 is 0 Å². The molecule has 0 bridgehead atoms. The van der Waals surface area contributed by atoms with Crippen molar-refractivity contribution in [3.8, 4) is 6.07 Å². The second kappa shape index (κ2) is 11.0. The lowest BCUT2D eigenvalue weighted by atomic mass is 10.0. The number of carbonyl (C=O) groups excluding carboxylic acids is 1. The van der Waals surface area contributed by atoms with E-state index in [9.17, 15) is 14.9 Å². The largest absolute Gasteiger partial charge is 0.379 e. The Hall–Kier alpha value is -3.26. The van der Waals surface area contributed by atoms with Crippen LogP contribution in [0.25, 0.3) is 11.7 Å². The summed E-state index contributed by atoms with van der Waals surface area (Å²) in [5.41, 5.74) is 0.200. The highest BCUT2D eigenvalue weighted by Gasteiger charge is 2.40. The van der Waals surface area contributed by atoms with Gasteiger partial charge in [0.25, 0.3) is 11.5 Å². The molecular formula is C25H31N5O5. The molecule has 2 aromatic heterocycles. The number of nitrogens with zero attached hydrogens (tertiary/aromatic N) is 4. The predicted octanol–water partition coefficient (Wildman–Crippen LogP) is 1.88. The molecule has 0 aliphatic carbocycles. The average molecular weight is 482 g/mol. The van der Waals surface area contributed by atoms with Crippen molar-refractivity contribution in [2.45, 2.75) is 45.0 Å². The standard InChI is InChI=1S/C25H31N5O5/c1-18(2)33-13-5-9-27-23(31)19(17-26)16-20-22(28-21-6-3-4-10-30(21)24(20)32)29-11-7-25(8-12-29)34-14-15-35-25/h3-4,6,10,16,18H,5,7-9,11-15H2,1-2H3,(H,27,31)/b19-16-. The van der Waals surface area contributed by atoms with Gasteiger partial charge in [0.05, 0.1) is 24.9 Å². The molecule has 10 nitrogen and oxygen atoms in total. The van der Waals surface area contributed by atoms with Gasteiger partial charge in [0, 0.05) is 45.3 Å². The van der Waals surface area contributed by atoms with E-state index in [0.29, 0.717) is 70.2 Å². The number of nitrogens with one attached hydrogen (secondary N) is 1. The van der Waals surface area contributed by atoms with Gasteiger partial charge in [-0.25, -0.2) is 4.98 Å². The molecule has 35 heavy (non-hydrogen) atoms. The molecule has 10 heteroatoms. The number of pyridine rings is 1. The molecule has 1 N–H and O–H groups in total. The molecule has 186 valence electrons. The van der Waals surface area contributed by atoms with Crippen LogP contribution in [-0.2, 0) is 19.0 Å². The monoisotopic (exact) mass is 481 g/mol. The number of ether oxygens (including phenoxy) is 3. The van der Waals surface area contributed by atoms with Crippen LogP contribution in [0.3, 0.4) is 0 Å². The first-order chi connectivity index (χ1) is 16.9. The van der Waals surface area contributed by atoms with Crippen molar-refractivity contribution >= 4 is 23.4 Å². The van der Waals surface area contributed by atoms with E-state index < -0.39 is 11.7 Å². The first-order valence-corrected chi connectivity index (χ1v) is 12.0. The highest BCUT2D eigenvalue weighted by molar-refractivity contribution is 6.02. The normalized spacial score (nSPS) is 17.8. The minimum Gasteiger partial charge on any atom is -0.379 e. The highest BCUT2D eigenvalue weighted by atomic mass is 16.7. The first-order valence-electron chi connectivity index (χ1n) is 12.0. The van der Waals surface area contributed by atoms with Crippen LogP contribution in [0.5, 0.6) is 0 Å². The Morgan fingerprint density at radius 2 is 2.06 bits per heavy atom. The van der Waals surface area contributed by atoms with Crippen molar-refractivity contribution in [3.63, 3.8) is 0 Å². The van der Waals surface area contributed by atoms with Crippen molar-refractivity contribution in [2.75, 3.05) is 44.4 Å². The number of fused-ring (bicyclic) bond motifs is 1. The molecule has 1 amide bonds. The van der Waals surface area contributed by atoms with Gasteiger partial charge >= 0.3 is 0 Å². The number of nitriles is 1. The van der Waals surface area contributed by atoms with Crippen LogP contribution in [0, 0.1) is 11.3 Å². The zero-order valence-electron chi connectivity index (χ0n) is 20.2. The second-order valence-electron chi connectivity index (χ2n) is 8.88. The molecule has 2 saturated heterocycles. The SMILES string of the molecule is CC(C)OCCCNC(=O)/C(C#N)=C\c1c(N2CCC3(CC2)OCCO3)nc2ccccn2c1=O. The minimum absolute atomic E-state index is 0.114. The molecule has 0 radical (unpaired) electrons. The van der Waals surface area contributed by atoms with Crippen LogP contribution in [0.2, 0.25) is 0 Å². The summed E-state index contributed by atoms with van der Waals surface area (Å²) in [7, 11) is 0. The Morgan fingerprint density at radius 3 is 2.74 bits per heavy atom. The van der Waals surface area contributed by atoms with Gasteiger partial charge < -0.3 is 24.4 Å². The number of piperidine rings is 1. The second-order valence-corrected chi connectivity index (χ2v) is 8.88. The number of anilines is 1. The van der Waals surface area contributed by atoms with E-state index in [1.54, 1.807) is 18.3 Å². The maximum atomic E-state index is 13.4. The number of hydrogen-bond acceptors (Lipinski definition) is 8. The molecule has 4 rings (SSSR count). The number of amides is 1. The van der Waals surface area contributed by atoms with Gasteiger partial charge in [-0.15, -0.1) is 0 Å². The zero-order valence-corrected chi connectivity index (χ0v) is 20.2. The average Bonchev–Trinajstić information content (AvgIpc) is 3.31. The number of carbonyl (C=O) groups is 1. The Labute approximate surface area is 204 Å². The summed E-state index contributed by atoms with van der Waals surface area (Å²) in [4.78, 5) is 32.8. The first kappa shape index (κ1) is 24.9. The van der Waals surface area contributed by atoms with E-state index in [0.717, 1.165) is 0 Å². The van der Waals surface area contributed by atoms with Crippen molar-refractivity contribution < 1.29 is 19.0 Å². The molecule has 2 aliphatic heterocycles. The molecule has 4 heterocycles. The Morgan fingerprint density at radius 1 is 1.31 bits per heavy atom. The number of rotatable bonds is 8. The van der Waals surface area contributed by atoms with Gasteiger partial charge in [-0.2, -0.15) is 5.26 Å². The van der Waals surface area contributed by atoms with E-state index in [1.807, 2.05) is 30.9 Å². The van der Waals surface area contributed by atoms with E-state index in [-0.39, 0.29) is 22.8 Å². The summed E-state index contributed by atoms with van der Waals surface area (Å²) in [6.45, 7) is 7.05. The summed E-state index contributed by atoms with van der Waals surface area (Å²) < 4.78 is 18.5. The molecule has 0 aromatic carbocycles. The maximum Gasteiger partial charge on any atom is 0.267 e. The fraction of sp³-hybridized carbons (Fsp3) is 0.520. The minimum atomic E-state index is -0.574. The predicted molar refractivity (Wildman–Crippen MR) is 130 cm³/mol. The molecular weight excluding hydrogens is 450 g/mol. The molecule has 2 aromatic rings. The Bertz CT molecular complexity index is 1180. The van der Waals surface area contributed by atoms with Gasteiger partial charge in [-0.1, -0.05) is 6.07 Å². The molecule has 0 atom stereocenters. The summed E-state index contributed by atoms with van der Waals surface area (Å²) in [6, 6.07) is 7.24. The third kappa shape index (κ3) is 5.70. The molecule has 2 aliphatic rings. The van der Waals surface area contributed by atoms with Gasteiger partial charge in [-0.05, 0) is 38.5 Å². The number of hydrogen-bond donors (Lipinski definition) is 1. The van der Waals surface area contributed by atoms with E-state index in [4.69, 9.17) is 19.2 Å². The van der Waals surface area contributed by atoms with Gasteiger partial charge in [0.1, 0.15) is 23.1 Å². The molecule has 0 saturated carbocycles. The summed E-state index contributed by atoms with van der Waals surface area (Å²) in [5.74, 6) is -0.666. The molecule has 2 fully saturated rings. The lowest BCUT2D eigenvalue weighted by molar-refractivity contribution is -0.169. The van der Waals surface area contributed by atoms with Crippen molar-refractivity contribution in [2.24, 2.45) is 0 Å². The van der Waals surface area contributed by atoms with E-state index in [2.05, 4.69) is 5.32 Å². The van der Waals surface area contributed by atoms with E-state index >= 15 is 0 Å². The molecule has 1 spiro atoms. The number of aromatic nitrogens is 2. The maximum absolute atomic E-state index is 13.4. The lowest BCUT2D eigenvalue weighted by Crippen LogP contribution is -2.46. The van der Waals surface area contributed by atoms with Crippen LogP contribution in [0.4, 0.5) is 5.82 Å². The Balaban J connectivity index is 1.60. The fourth-order valence-electron chi connectivity index (χ4n) is 4.28. The Kier molecular flexibility index (Phi) is 7.80. The zero-order chi connectivity index (χ0) is 24.8. The third-order valence-electron chi connectivity index (χ3n) is 6.10. The van der Waals surface area contributed by atoms with Crippen LogP contribution in [0.15, 0.2) is 34.8 Å². The smallest absolute Gasteiger partial charge is 0.267 e. The van der Waals surface area contributed by atoms with Crippen LogP contribution < -0.4 is 15.8 Å². The lowest BCUT2D eigenvalue weighted by Gasteiger charge is -2.38. The van der Waals surface area contributed by atoms with Crippen molar-refractivity contribution in [1.29, 1.82) is 5.26 Å². The topological polar surface area (TPSA) is 118 Å². The third-order valence-corrected chi connectivity index (χ3v) is 6.10. The summed E-state index contributed by atoms with van der Waals surface area (Å²) >= 11 is 0. The quantitative estimate of drug-likeness (QED) is 0.345. The van der Waals surface area contributed by atoms with Crippen molar-refractivity contribution in [3.05, 3.63) is 45.9 Å². The van der Waals surface area contributed by atoms with Crippen LogP contribution in [-0.4, -0.2) is 66.6 Å². The highest BCUT2D eigenvalue weighted by Crippen LogP contribution is 2.33. The van der Waals surface area contributed by atoms with E-state index in [1.165, 1.54) is 10.5 Å².